The molecule has 0 bridgehead atoms. The molecule has 0 aromatic heterocycles. The molecule has 0 spiro atoms. The quantitative estimate of drug-likeness (QED) is 0.803. The minimum absolute atomic E-state index is 0.188. The molecule has 2 rings (SSSR count). The minimum atomic E-state index is -0.188. The molecule has 1 heterocycles. The number of piperidine rings is 1. The summed E-state index contributed by atoms with van der Waals surface area (Å²) in [5, 5.41) is 3.89. The summed E-state index contributed by atoms with van der Waals surface area (Å²) in [6.07, 6.45) is 5.11. The molecule has 1 aliphatic rings. The molecule has 1 fully saturated rings. The number of rotatable bonds is 6. The van der Waals surface area contributed by atoms with E-state index in [9.17, 15) is 4.39 Å². The molecule has 1 unspecified atom stereocenters. The molecular formula is C16H24ClFN2. The van der Waals surface area contributed by atoms with Crippen LogP contribution in [-0.2, 0) is 6.54 Å². The van der Waals surface area contributed by atoms with E-state index in [0.29, 0.717) is 23.2 Å². The summed E-state index contributed by atoms with van der Waals surface area (Å²) < 4.78 is 13.5. The topological polar surface area (TPSA) is 15.3 Å². The predicted octanol–water partition coefficient (Wildman–Crippen LogP) is 3.83. The van der Waals surface area contributed by atoms with Gasteiger partial charge < -0.3 is 10.2 Å². The van der Waals surface area contributed by atoms with E-state index in [-0.39, 0.29) is 5.82 Å². The lowest BCUT2D eigenvalue weighted by molar-refractivity contribution is 0.159. The van der Waals surface area contributed by atoms with Crippen molar-refractivity contribution in [2.24, 2.45) is 0 Å². The van der Waals surface area contributed by atoms with Gasteiger partial charge in [0.25, 0.3) is 0 Å². The summed E-state index contributed by atoms with van der Waals surface area (Å²) in [6, 6.07) is 5.41. The normalized spacial score (nSPS) is 20.2. The van der Waals surface area contributed by atoms with Gasteiger partial charge in [0, 0.05) is 23.2 Å². The Bertz CT molecular complexity index is 425. The van der Waals surface area contributed by atoms with Crippen molar-refractivity contribution < 1.29 is 4.39 Å². The van der Waals surface area contributed by atoms with Crippen LogP contribution in [0.3, 0.4) is 0 Å². The number of hydrogen-bond donors (Lipinski definition) is 1. The second-order valence-corrected chi connectivity index (χ2v) is 6.08. The van der Waals surface area contributed by atoms with Crippen LogP contribution in [0.2, 0.25) is 5.02 Å². The zero-order valence-electron chi connectivity index (χ0n) is 12.2. The van der Waals surface area contributed by atoms with Crippen LogP contribution in [0.15, 0.2) is 18.2 Å². The zero-order chi connectivity index (χ0) is 14.4. The molecule has 20 heavy (non-hydrogen) atoms. The Kier molecular flexibility index (Phi) is 6.27. The molecule has 1 atom stereocenters. The van der Waals surface area contributed by atoms with Crippen molar-refractivity contribution in [1.29, 1.82) is 0 Å². The lowest BCUT2D eigenvalue weighted by Gasteiger charge is -2.33. The van der Waals surface area contributed by atoms with Crippen LogP contribution in [0.5, 0.6) is 0 Å². The van der Waals surface area contributed by atoms with Crippen LogP contribution in [0.25, 0.3) is 0 Å². The number of nitrogens with one attached hydrogen (secondary N) is 1. The van der Waals surface area contributed by atoms with Gasteiger partial charge in [-0.1, -0.05) is 18.0 Å². The first-order chi connectivity index (χ1) is 9.66. The molecule has 4 heteroatoms. The molecule has 1 N–H and O–H groups in total. The SMILES string of the molecule is CC1CCCCN1CCCNCc1cc(Cl)ccc1F. The summed E-state index contributed by atoms with van der Waals surface area (Å²) in [4.78, 5) is 2.56. The van der Waals surface area contributed by atoms with Crippen molar-refractivity contribution in [3.63, 3.8) is 0 Å². The summed E-state index contributed by atoms with van der Waals surface area (Å²) in [5.41, 5.74) is 0.642. The van der Waals surface area contributed by atoms with Crippen LogP contribution in [0, 0.1) is 5.82 Å². The van der Waals surface area contributed by atoms with Crippen LogP contribution < -0.4 is 5.32 Å². The molecule has 1 saturated heterocycles. The first-order valence-electron chi connectivity index (χ1n) is 7.55. The van der Waals surface area contributed by atoms with Gasteiger partial charge in [-0.3, -0.25) is 0 Å². The van der Waals surface area contributed by atoms with Crippen molar-refractivity contribution in [3.8, 4) is 0 Å². The van der Waals surface area contributed by atoms with Crippen molar-refractivity contribution >= 4 is 11.6 Å². The first-order valence-corrected chi connectivity index (χ1v) is 7.93. The largest absolute Gasteiger partial charge is 0.313 e. The Labute approximate surface area is 126 Å². The number of likely N-dealkylation sites (tertiary alicyclic amines) is 1. The fourth-order valence-electron chi connectivity index (χ4n) is 2.80. The average molecular weight is 299 g/mol. The van der Waals surface area contributed by atoms with E-state index in [1.165, 1.54) is 31.9 Å². The van der Waals surface area contributed by atoms with E-state index < -0.39 is 0 Å². The van der Waals surface area contributed by atoms with Crippen molar-refractivity contribution in [2.75, 3.05) is 19.6 Å². The van der Waals surface area contributed by atoms with Gasteiger partial charge in [0.15, 0.2) is 0 Å². The molecule has 0 saturated carbocycles. The second kappa shape index (κ2) is 7.96. The number of hydrogen-bond acceptors (Lipinski definition) is 2. The van der Waals surface area contributed by atoms with Crippen LogP contribution >= 0.6 is 11.6 Å². The number of halogens is 2. The second-order valence-electron chi connectivity index (χ2n) is 5.65. The van der Waals surface area contributed by atoms with Gasteiger partial charge in [-0.05, 0) is 64.0 Å². The molecule has 0 aliphatic carbocycles. The van der Waals surface area contributed by atoms with E-state index in [4.69, 9.17) is 11.6 Å². The minimum Gasteiger partial charge on any atom is -0.313 e. The Balaban J connectivity index is 1.65. The van der Waals surface area contributed by atoms with E-state index in [1.54, 1.807) is 12.1 Å². The van der Waals surface area contributed by atoms with Gasteiger partial charge in [0.05, 0.1) is 0 Å². The monoisotopic (exact) mass is 298 g/mol. The lowest BCUT2D eigenvalue weighted by Crippen LogP contribution is -2.38. The Morgan fingerprint density at radius 2 is 2.25 bits per heavy atom. The van der Waals surface area contributed by atoms with Gasteiger partial charge in [-0.25, -0.2) is 4.39 Å². The maximum Gasteiger partial charge on any atom is 0.127 e. The Hall–Kier alpha value is -0.640. The third-order valence-corrected chi connectivity index (χ3v) is 4.30. The lowest BCUT2D eigenvalue weighted by atomic mass is 10.0. The fraction of sp³-hybridized carbons (Fsp3) is 0.625. The van der Waals surface area contributed by atoms with Crippen LogP contribution in [0.1, 0.15) is 38.2 Å². The molecule has 2 nitrogen and oxygen atoms in total. The fourth-order valence-corrected chi connectivity index (χ4v) is 2.99. The standard InChI is InChI=1S/C16H24ClFN2/c1-13-5-2-3-9-20(13)10-4-8-19-12-14-11-15(17)6-7-16(14)18/h6-7,11,13,19H,2-5,8-10,12H2,1H3. The molecule has 1 aromatic rings. The van der Waals surface area contributed by atoms with Crippen LogP contribution in [0.4, 0.5) is 4.39 Å². The van der Waals surface area contributed by atoms with Gasteiger partial charge >= 0.3 is 0 Å². The van der Waals surface area contributed by atoms with E-state index in [2.05, 4.69) is 17.1 Å². The van der Waals surface area contributed by atoms with Gasteiger partial charge in [-0.2, -0.15) is 0 Å². The zero-order valence-corrected chi connectivity index (χ0v) is 12.9. The van der Waals surface area contributed by atoms with E-state index in [1.807, 2.05) is 0 Å². The summed E-state index contributed by atoms with van der Waals surface area (Å²) >= 11 is 5.87. The van der Waals surface area contributed by atoms with Crippen molar-refractivity contribution in [2.45, 2.75) is 45.2 Å². The smallest absolute Gasteiger partial charge is 0.127 e. The first kappa shape index (κ1) is 15.7. The maximum absolute atomic E-state index is 13.5. The average Bonchev–Trinajstić information content (AvgIpc) is 2.44. The Morgan fingerprint density at radius 1 is 1.40 bits per heavy atom. The van der Waals surface area contributed by atoms with Gasteiger partial charge in [-0.15, -0.1) is 0 Å². The summed E-state index contributed by atoms with van der Waals surface area (Å²) in [7, 11) is 0. The Morgan fingerprint density at radius 3 is 3.05 bits per heavy atom. The van der Waals surface area contributed by atoms with E-state index in [0.717, 1.165) is 19.5 Å². The summed E-state index contributed by atoms with van der Waals surface area (Å²) in [5.74, 6) is -0.188. The number of benzene rings is 1. The predicted molar refractivity (Wildman–Crippen MR) is 82.6 cm³/mol. The van der Waals surface area contributed by atoms with Crippen molar-refractivity contribution in [3.05, 3.63) is 34.6 Å². The number of nitrogens with zero attached hydrogens (tertiary/aromatic N) is 1. The molecule has 1 aliphatic heterocycles. The summed E-state index contributed by atoms with van der Waals surface area (Å²) in [6.45, 7) is 6.13. The third-order valence-electron chi connectivity index (χ3n) is 4.06. The van der Waals surface area contributed by atoms with Gasteiger partial charge in [0.2, 0.25) is 0 Å². The third kappa shape index (κ3) is 4.72. The molecule has 0 radical (unpaired) electrons. The maximum atomic E-state index is 13.5. The highest BCUT2D eigenvalue weighted by Gasteiger charge is 2.16. The van der Waals surface area contributed by atoms with E-state index >= 15 is 0 Å². The highest BCUT2D eigenvalue weighted by Crippen LogP contribution is 2.16. The van der Waals surface area contributed by atoms with Crippen LogP contribution in [-0.4, -0.2) is 30.6 Å². The molecule has 112 valence electrons. The molecule has 0 amide bonds. The highest BCUT2D eigenvalue weighted by atomic mass is 35.5. The van der Waals surface area contributed by atoms with Gasteiger partial charge in [0.1, 0.15) is 5.82 Å². The van der Waals surface area contributed by atoms with Crippen molar-refractivity contribution in [1.82, 2.24) is 10.2 Å². The molecular weight excluding hydrogens is 275 g/mol. The highest BCUT2D eigenvalue weighted by molar-refractivity contribution is 6.30. The molecule has 1 aromatic carbocycles.